The van der Waals surface area contributed by atoms with Gasteiger partial charge in [0.1, 0.15) is 11.5 Å². The van der Waals surface area contributed by atoms with Crippen molar-refractivity contribution >= 4 is 34.7 Å². The van der Waals surface area contributed by atoms with Gasteiger partial charge in [0.15, 0.2) is 0 Å². The third-order valence-corrected chi connectivity index (χ3v) is 8.12. The fourth-order valence-corrected chi connectivity index (χ4v) is 6.73. The number of hydrogen-bond donors (Lipinski definition) is 0. The number of halogens is 2. The lowest BCUT2D eigenvalue weighted by molar-refractivity contribution is -0.129. The van der Waals surface area contributed by atoms with Crippen molar-refractivity contribution in [3.05, 3.63) is 23.3 Å². The summed E-state index contributed by atoms with van der Waals surface area (Å²) in [6, 6.07) is 4.59. The summed E-state index contributed by atoms with van der Waals surface area (Å²) in [6.07, 6.45) is 6.29. The van der Waals surface area contributed by atoms with Gasteiger partial charge >= 0.3 is 0 Å². The molecule has 154 valence electrons. The smallest absolute Gasteiger partial charge is 0.142 e. The van der Waals surface area contributed by atoms with E-state index in [-0.39, 0.29) is 5.41 Å². The van der Waals surface area contributed by atoms with Crippen LogP contribution in [0.25, 0.3) is 0 Å². The second kappa shape index (κ2) is 8.07. The first-order chi connectivity index (χ1) is 13.5. The minimum Gasteiger partial charge on any atom is -0.495 e. The molecular weight excluding hydrogens is 393 g/mol. The summed E-state index contributed by atoms with van der Waals surface area (Å²) in [4.78, 5) is 14.8. The first-order valence-corrected chi connectivity index (χ1v) is 11.7. The van der Waals surface area contributed by atoms with Crippen LogP contribution in [0.1, 0.15) is 56.1 Å². The Bertz CT molecular complexity index is 746. The fraction of sp³-hybridized carbons (Fsp3) is 0.696. The molecule has 0 radical (unpaired) electrons. The van der Waals surface area contributed by atoms with Crippen LogP contribution in [0.15, 0.2) is 12.1 Å². The van der Waals surface area contributed by atoms with E-state index >= 15 is 0 Å². The maximum atomic E-state index is 12.6. The highest BCUT2D eigenvalue weighted by Crippen LogP contribution is 2.60. The zero-order chi connectivity index (χ0) is 19.9. The van der Waals surface area contributed by atoms with E-state index < -0.39 is 0 Å². The number of carbonyl (C=O) groups is 1. The summed E-state index contributed by atoms with van der Waals surface area (Å²) in [7, 11) is 1.74. The van der Waals surface area contributed by atoms with Gasteiger partial charge in [-0.15, -0.1) is 23.2 Å². The van der Waals surface area contributed by atoms with Crippen LogP contribution in [0.2, 0.25) is 0 Å². The molecule has 0 bridgehead atoms. The number of fused-ring (bicyclic) bond motifs is 5. The van der Waals surface area contributed by atoms with Gasteiger partial charge in [-0.2, -0.15) is 0 Å². The average molecular weight is 424 g/mol. The van der Waals surface area contributed by atoms with Crippen molar-refractivity contribution in [1.29, 1.82) is 0 Å². The molecule has 0 amide bonds. The first kappa shape index (κ1) is 20.3. The Labute approximate surface area is 178 Å². The lowest BCUT2D eigenvalue weighted by Crippen LogP contribution is -2.42. The number of ether oxygens (including phenoxy) is 1. The highest BCUT2D eigenvalue weighted by Gasteiger charge is 2.54. The van der Waals surface area contributed by atoms with Gasteiger partial charge in [-0.3, -0.25) is 4.79 Å². The molecule has 4 atom stereocenters. The molecule has 3 aliphatic carbocycles. The van der Waals surface area contributed by atoms with Crippen LogP contribution in [-0.4, -0.2) is 37.7 Å². The summed E-state index contributed by atoms with van der Waals surface area (Å²) >= 11 is 12.1. The van der Waals surface area contributed by atoms with Crippen LogP contribution in [0, 0.1) is 17.3 Å². The SMILES string of the molecule is COc1cc2c(cc1N(CCCl)CCCl)C1CCC3(C)C(=O)CCC3C1CC2. The quantitative estimate of drug-likeness (QED) is 0.573. The predicted molar refractivity (Wildman–Crippen MR) is 116 cm³/mol. The largest absolute Gasteiger partial charge is 0.495 e. The number of rotatable bonds is 6. The molecule has 2 fully saturated rings. The van der Waals surface area contributed by atoms with Crippen LogP contribution in [0.3, 0.4) is 0 Å². The van der Waals surface area contributed by atoms with Crippen LogP contribution >= 0.6 is 23.2 Å². The van der Waals surface area contributed by atoms with Gasteiger partial charge in [-0.25, -0.2) is 0 Å². The Kier molecular flexibility index (Phi) is 5.86. The number of ketones is 1. The lowest BCUT2D eigenvalue weighted by atomic mass is 9.55. The molecule has 2 saturated carbocycles. The Balaban J connectivity index is 1.71. The maximum absolute atomic E-state index is 12.6. The Morgan fingerprint density at radius 2 is 1.89 bits per heavy atom. The summed E-state index contributed by atoms with van der Waals surface area (Å²) < 4.78 is 5.75. The van der Waals surface area contributed by atoms with E-state index in [4.69, 9.17) is 27.9 Å². The van der Waals surface area contributed by atoms with Crippen LogP contribution in [0.4, 0.5) is 5.69 Å². The second-order valence-corrected chi connectivity index (χ2v) is 9.68. The second-order valence-electron chi connectivity index (χ2n) is 8.92. The first-order valence-electron chi connectivity index (χ1n) is 10.6. The highest BCUT2D eigenvalue weighted by atomic mass is 35.5. The van der Waals surface area contributed by atoms with Gasteiger partial charge in [0, 0.05) is 36.7 Å². The Hall–Kier alpha value is -0.930. The molecule has 0 spiro atoms. The Morgan fingerprint density at radius 1 is 1.14 bits per heavy atom. The van der Waals surface area contributed by atoms with E-state index in [1.807, 2.05) is 0 Å². The number of carbonyl (C=O) groups excluding carboxylic acids is 1. The van der Waals surface area contributed by atoms with Crippen molar-refractivity contribution < 1.29 is 9.53 Å². The number of methoxy groups -OCH3 is 1. The number of alkyl halides is 2. The molecule has 3 aliphatic rings. The van der Waals surface area contributed by atoms with Gasteiger partial charge in [-0.1, -0.05) is 6.92 Å². The zero-order valence-electron chi connectivity index (χ0n) is 17.0. The number of benzene rings is 1. The van der Waals surface area contributed by atoms with E-state index in [0.29, 0.717) is 35.3 Å². The molecule has 4 unspecified atom stereocenters. The van der Waals surface area contributed by atoms with Gasteiger partial charge in [-0.05, 0) is 73.1 Å². The van der Waals surface area contributed by atoms with Gasteiger partial charge in [0.05, 0.1) is 12.8 Å². The van der Waals surface area contributed by atoms with Crippen LogP contribution < -0.4 is 9.64 Å². The van der Waals surface area contributed by atoms with Gasteiger partial charge < -0.3 is 9.64 Å². The molecule has 28 heavy (non-hydrogen) atoms. The molecule has 1 aromatic carbocycles. The maximum Gasteiger partial charge on any atom is 0.142 e. The Morgan fingerprint density at radius 3 is 2.57 bits per heavy atom. The van der Waals surface area contributed by atoms with Gasteiger partial charge in [0.25, 0.3) is 0 Å². The van der Waals surface area contributed by atoms with Crippen molar-refractivity contribution in [2.45, 2.75) is 51.4 Å². The molecular formula is C23H31Cl2NO2. The van der Waals surface area contributed by atoms with E-state index in [9.17, 15) is 4.79 Å². The fourth-order valence-electron chi connectivity index (χ4n) is 6.33. The molecule has 4 rings (SSSR count). The molecule has 5 heteroatoms. The van der Waals surface area contributed by atoms with Crippen LogP contribution in [0.5, 0.6) is 5.75 Å². The van der Waals surface area contributed by atoms with E-state index in [1.165, 1.54) is 17.5 Å². The topological polar surface area (TPSA) is 29.5 Å². The third kappa shape index (κ3) is 3.23. The summed E-state index contributed by atoms with van der Waals surface area (Å²) in [5, 5.41) is 0. The minimum atomic E-state index is -0.0722. The summed E-state index contributed by atoms with van der Waals surface area (Å²) in [5.41, 5.74) is 3.94. The zero-order valence-corrected chi connectivity index (χ0v) is 18.5. The predicted octanol–water partition coefficient (Wildman–Crippen LogP) is 5.40. The third-order valence-electron chi connectivity index (χ3n) is 7.78. The monoisotopic (exact) mass is 423 g/mol. The summed E-state index contributed by atoms with van der Waals surface area (Å²) in [5.74, 6) is 4.30. The number of nitrogens with zero attached hydrogens (tertiary/aromatic N) is 1. The molecule has 0 N–H and O–H groups in total. The molecule has 3 nitrogen and oxygen atoms in total. The average Bonchev–Trinajstić information content (AvgIpc) is 3.01. The molecule has 0 aliphatic heterocycles. The van der Waals surface area contributed by atoms with Crippen molar-refractivity contribution in [3.63, 3.8) is 0 Å². The number of hydrogen-bond acceptors (Lipinski definition) is 3. The van der Waals surface area contributed by atoms with E-state index in [2.05, 4.69) is 24.0 Å². The normalized spacial score (nSPS) is 31.1. The molecule has 0 heterocycles. The highest BCUT2D eigenvalue weighted by molar-refractivity contribution is 6.18. The molecule has 1 aromatic rings. The van der Waals surface area contributed by atoms with Crippen molar-refractivity contribution in [1.82, 2.24) is 0 Å². The molecule has 0 saturated heterocycles. The molecule has 0 aromatic heterocycles. The van der Waals surface area contributed by atoms with Crippen molar-refractivity contribution in [2.24, 2.45) is 17.3 Å². The van der Waals surface area contributed by atoms with Crippen molar-refractivity contribution in [3.8, 4) is 5.75 Å². The van der Waals surface area contributed by atoms with E-state index in [0.717, 1.165) is 56.6 Å². The number of Topliss-reactive ketones (excluding diaryl/α,β-unsaturated/α-hetero) is 1. The van der Waals surface area contributed by atoms with Crippen molar-refractivity contribution in [2.75, 3.05) is 36.9 Å². The van der Waals surface area contributed by atoms with Gasteiger partial charge in [0.2, 0.25) is 0 Å². The number of aryl methyl sites for hydroxylation is 1. The van der Waals surface area contributed by atoms with E-state index in [1.54, 1.807) is 7.11 Å². The number of anilines is 1. The standard InChI is InChI=1S/C23H31Cl2NO2/c1-23-8-7-16-17(19(23)5-6-22(23)27)4-3-15-13-21(28-2)20(14-18(15)16)26(11-9-24)12-10-25/h13-14,16-17,19H,3-12H2,1-2H3. The minimum absolute atomic E-state index is 0.0722. The summed E-state index contributed by atoms with van der Waals surface area (Å²) in [6.45, 7) is 3.75. The van der Waals surface area contributed by atoms with Crippen LogP contribution in [-0.2, 0) is 11.2 Å². The lowest BCUT2D eigenvalue weighted by Gasteiger charge is -2.48.